The number of nitrogens with zero attached hydrogens (tertiary/aromatic N) is 1. The van der Waals surface area contributed by atoms with E-state index in [-0.39, 0.29) is 24.9 Å². The molecule has 0 aliphatic carbocycles. The second kappa shape index (κ2) is 8.17. The minimum absolute atomic E-state index is 0.0356. The molecule has 120 valence electrons. The van der Waals surface area contributed by atoms with Gasteiger partial charge in [0.05, 0.1) is 12.5 Å². The Balaban J connectivity index is 2.56. The molecular formula is C16H22N2O4. The zero-order valence-corrected chi connectivity index (χ0v) is 13.1. The Morgan fingerprint density at radius 3 is 2.55 bits per heavy atom. The predicted molar refractivity (Wildman–Crippen MR) is 82.3 cm³/mol. The summed E-state index contributed by atoms with van der Waals surface area (Å²) < 4.78 is 0. The van der Waals surface area contributed by atoms with Crippen LogP contribution in [0, 0.1) is 12.8 Å². The summed E-state index contributed by atoms with van der Waals surface area (Å²) in [4.78, 5) is 35.3. The van der Waals surface area contributed by atoms with E-state index in [1.165, 1.54) is 18.9 Å². The molecule has 1 rings (SSSR count). The van der Waals surface area contributed by atoms with E-state index in [1.807, 2.05) is 31.2 Å². The summed E-state index contributed by atoms with van der Waals surface area (Å²) in [5.41, 5.74) is 1.98. The van der Waals surface area contributed by atoms with Gasteiger partial charge in [-0.1, -0.05) is 29.8 Å². The molecule has 0 saturated heterocycles. The zero-order valence-electron chi connectivity index (χ0n) is 13.1. The van der Waals surface area contributed by atoms with Crippen molar-refractivity contribution in [3.05, 3.63) is 35.4 Å². The predicted octanol–water partition coefficient (Wildman–Crippen LogP) is 0.833. The van der Waals surface area contributed by atoms with E-state index < -0.39 is 11.9 Å². The second-order valence-corrected chi connectivity index (χ2v) is 5.41. The molecule has 0 radical (unpaired) electrons. The fourth-order valence-corrected chi connectivity index (χ4v) is 1.99. The molecule has 0 saturated carbocycles. The molecule has 6 nitrogen and oxygen atoms in total. The monoisotopic (exact) mass is 306 g/mol. The molecule has 1 aromatic carbocycles. The SMILES string of the molecule is CC(=O)N(C)CC(=O)NCC(Cc1cccc(C)c1)C(=O)O. The number of benzene rings is 1. The fraction of sp³-hybridized carbons (Fsp3) is 0.438. The van der Waals surface area contributed by atoms with Crippen molar-refractivity contribution in [2.75, 3.05) is 20.1 Å². The van der Waals surface area contributed by atoms with Crippen LogP contribution >= 0.6 is 0 Å². The van der Waals surface area contributed by atoms with Crippen LogP contribution in [0.15, 0.2) is 24.3 Å². The van der Waals surface area contributed by atoms with Crippen LogP contribution in [0.5, 0.6) is 0 Å². The summed E-state index contributed by atoms with van der Waals surface area (Å²) in [6, 6.07) is 7.62. The van der Waals surface area contributed by atoms with Gasteiger partial charge in [0.25, 0.3) is 0 Å². The van der Waals surface area contributed by atoms with Crippen molar-refractivity contribution < 1.29 is 19.5 Å². The maximum atomic E-state index is 11.7. The van der Waals surface area contributed by atoms with Crippen LogP contribution in [0.2, 0.25) is 0 Å². The highest BCUT2D eigenvalue weighted by Crippen LogP contribution is 2.11. The Labute approximate surface area is 130 Å². The number of carboxylic acid groups (broad SMARTS) is 1. The van der Waals surface area contributed by atoms with Crippen molar-refractivity contribution >= 4 is 17.8 Å². The van der Waals surface area contributed by atoms with Crippen molar-refractivity contribution in [2.45, 2.75) is 20.3 Å². The van der Waals surface area contributed by atoms with E-state index >= 15 is 0 Å². The third-order valence-corrected chi connectivity index (χ3v) is 3.38. The van der Waals surface area contributed by atoms with Crippen LogP contribution in [0.4, 0.5) is 0 Å². The summed E-state index contributed by atoms with van der Waals surface area (Å²) in [7, 11) is 1.52. The standard InChI is InChI=1S/C16H22N2O4/c1-11-5-4-6-13(7-11)8-14(16(21)22)9-17-15(20)10-18(3)12(2)19/h4-7,14H,8-10H2,1-3H3,(H,17,20)(H,21,22). The number of nitrogens with one attached hydrogen (secondary N) is 1. The Hall–Kier alpha value is -2.37. The summed E-state index contributed by atoms with van der Waals surface area (Å²) >= 11 is 0. The largest absolute Gasteiger partial charge is 0.481 e. The summed E-state index contributed by atoms with van der Waals surface area (Å²) in [6.07, 6.45) is 0.347. The lowest BCUT2D eigenvalue weighted by Crippen LogP contribution is -2.40. The first-order valence-corrected chi connectivity index (χ1v) is 7.06. The van der Waals surface area contributed by atoms with Crippen molar-refractivity contribution in [2.24, 2.45) is 5.92 Å². The number of aryl methyl sites for hydroxylation is 1. The Kier molecular flexibility index (Phi) is 6.56. The van der Waals surface area contributed by atoms with Gasteiger partial charge in [-0.2, -0.15) is 0 Å². The first-order valence-electron chi connectivity index (χ1n) is 7.06. The zero-order chi connectivity index (χ0) is 16.7. The number of rotatable bonds is 7. The minimum atomic E-state index is -0.957. The van der Waals surface area contributed by atoms with Gasteiger partial charge in [0.2, 0.25) is 11.8 Å². The Morgan fingerprint density at radius 1 is 1.32 bits per heavy atom. The molecule has 0 aliphatic rings. The molecule has 0 fully saturated rings. The van der Waals surface area contributed by atoms with E-state index in [2.05, 4.69) is 5.32 Å². The normalized spacial score (nSPS) is 11.6. The van der Waals surface area contributed by atoms with E-state index in [0.717, 1.165) is 11.1 Å². The molecule has 0 aliphatic heterocycles. The van der Waals surface area contributed by atoms with Gasteiger partial charge < -0.3 is 15.3 Å². The Bertz CT molecular complexity index is 557. The highest BCUT2D eigenvalue weighted by Gasteiger charge is 2.19. The molecule has 0 aromatic heterocycles. The van der Waals surface area contributed by atoms with E-state index in [1.54, 1.807) is 0 Å². The molecule has 22 heavy (non-hydrogen) atoms. The molecule has 6 heteroatoms. The van der Waals surface area contributed by atoms with Crippen molar-refractivity contribution in [1.82, 2.24) is 10.2 Å². The lowest BCUT2D eigenvalue weighted by Gasteiger charge is -2.17. The van der Waals surface area contributed by atoms with Gasteiger partial charge >= 0.3 is 5.97 Å². The topological polar surface area (TPSA) is 86.7 Å². The quantitative estimate of drug-likeness (QED) is 0.781. The number of hydrogen-bond acceptors (Lipinski definition) is 3. The number of carboxylic acids is 1. The van der Waals surface area contributed by atoms with Gasteiger partial charge in [0.1, 0.15) is 0 Å². The van der Waals surface area contributed by atoms with E-state index in [0.29, 0.717) is 6.42 Å². The molecule has 1 unspecified atom stereocenters. The highest BCUT2D eigenvalue weighted by molar-refractivity contribution is 5.84. The summed E-state index contributed by atoms with van der Waals surface area (Å²) in [5.74, 6) is -2.24. The maximum absolute atomic E-state index is 11.7. The molecule has 2 amide bonds. The van der Waals surface area contributed by atoms with E-state index in [4.69, 9.17) is 0 Å². The van der Waals surface area contributed by atoms with Crippen LogP contribution in [0.1, 0.15) is 18.1 Å². The molecule has 0 heterocycles. The first-order chi connectivity index (χ1) is 10.3. The van der Waals surface area contributed by atoms with Crippen LogP contribution in [0.3, 0.4) is 0 Å². The minimum Gasteiger partial charge on any atom is -0.481 e. The highest BCUT2D eigenvalue weighted by atomic mass is 16.4. The van der Waals surface area contributed by atoms with Crippen LogP contribution in [-0.4, -0.2) is 47.9 Å². The smallest absolute Gasteiger partial charge is 0.308 e. The van der Waals surface area contributed by atoms with Gasteiger partial charge in [0.15, 0.2) is 0 Å². The summed E-state index contributed by atoms with van der Waals surface area (Å²) in [5, 5.41) is 11.8. The lowest BCUT2D eigenvalue weighted by molar-refractivity contribution is -0.142. The van der Waals surface area contributed by atoms with E-state index in [9.17, 15) is 19.5 Å². The number of carbonyl (C=O) groups is 3. The molecule has 2 N–H and O–H groups in total. The number of amides is 2. The second-order valence-electron chi connectivity index (χ2n) is 5.41. The van der Waals surface area contributed by atoms with Gasteiger partial charge in [0, 0.05) is 20.5 Å². The lowest BCUT2D eigenvalue weighted by atomic mass is 9.98. The number of aliphatic carboxylic acids is 1. The van der Waals surface area contributed by atoms with Crippen LogP contribution in [-0.2, 0) is 20.8 Å². The number of carbonyl (C=O) groups excluding carboxylic acids is 2. The van der Waals surface area contributed by atoms with Crippen molar-refractivity contribution in [3.63, 3.8) is 0 Å². The molecule has 1 atom stereocenters. The third kappa shape index (κ3) is 5.95. The number of hydrogen-bond donors (Lipinski definition) is 2. The molecule has 0 spiro atoms. The van der Waals surface area contributed by atoms with Gasteiger partial charge in [-0.25, -0.2) is 0 Å². The maximum Gasteiger partial charge on any atom is 0.308 e. The molecular weight excluding hydrogens is 284 g/mol. The molecule has 0 bridgehead atoms. The molecule has 1 aromatic rings. The average Bonchev–Trinajstić information content (AvgIpc) is 2.42. The van der Waals surface area contributed by atoms with Gasteiger partial charge in [-0.3, -0.25) is 14.4 Å². The first kappa shape index (κ1) is 17.7. The third-order valence-electron chi connectivity index (χ3n) is 3.38. The van der Waals surface area contributed by atoms with Crippen molar-refractivity contribution in [3.8, 4) is 0 Å². The number of likely N-dealkylation sites (N-methyl/N-ethyl adjacent to an activating group) is 1. The van der Waals surface area contributed by atoms with Gasteiger partial charge in [-0.15, -0.1) is 0 Å². The Morgan fingerprint density at radius 2 is 2.00 bits per heavy atom. The fourth-order valence-electron chi connectivity index (χ4n) is 1.99. The average molecular weight is 306 g/mol. The van der Waals surface area contributed by atoms with Crippen LogP contribution in [0.25, 0.3) is 0 Å². The summed E-state index contributed by atoms with van der Waals surface area (Å²) in [6.45, 7) is 3.27. The van der Waals surface area contributed by atoms with Crippen molar-refractivity contribution in [1.29, 1.82) is 0 Å². The van der Waals surface area contributed by atoms with Gasteiger partial charge in [-0.05, 0) is 18.9 Å². The van der Waals surface area contributed by atoms with Crippen LogP contribution < -0.4 is 5.32 Å².